The Morgan fingerprint density at radius 3 is 2.30 bits per heavy atom. The summed E-state index contributed by atoms with van der Waals surface area (Å²) in [6, 6.07) is 12.1. The number of thioether (sulfide) groups is 1. The fourth-order valence-electron chi connectivity index (χ4n) is 2.99. The Balaban J connectivity index is 1.60. The maximum atomic E-state index is 12.5. The minimum absolute atomic E-state index is 0.0876. The highest BCUT2D eigenvalue weighted by Gasteiger charge is 2.20. The Hall–Kier alpha value is -3.37. The van der Waals surface area contributed by atoms with E-state index >= 15 is 0 Å². The molecule has 9 nitrogen and oxygen atoms in total. The molecule has 3 aromatic rings. The van der Waals surface area contributed by atoms with Gasteiger partial charge in [0.15, 0.2) is 11.0 Å². The lowest BCUT2D eigenvalue weighted by Crippen LogP contribution is -2.28. The third-order valence-electron chi connectivity index (χ3n) is 4.65. The zero-order chi connectivity index (χ0) is 24.0. The van der Waals surface area contributed by atoms with Crippen LogP contribution < -0.4 is 10.6 Å². The van der Waals surface area contributed by atoms with Crippen LogP contribution in [0.25, 0.3) is 0 Å². The van der Waals surface area contributed by atoms with E-state index in [2.05, 4.69) is 20.8 Å². The summed E-state index contributed by atoms with van der Waals surface area (Å²) >= 11 is 7.09. The highest BCUT2D eigenvalue weighted by molar-refractivity contribution is 7.99. The van der Waals surface area contributed by atoms with Crippen LogP contribution in [0.2, 0.25) is 5.02 Å². The number of carbonyl (C=O) groups excluding carboxylic acids is 2. The molecule has 1 atom stereocenters. The van der Waals surface area contributed by atoms with Crippen LogP contribution in [0, 0.1) is 0 Å². The lowest BCUT2D eigenvalue weighted by Gasteiger charge is -2.15. The number of anilines is 1. The predicted octanol–water partition coefficient (Wildman–Crippen LogP) is 3.87. The molecule has 0 aliphatic heterocycles. The van der Waals surface area contributed by atoms with Crippen LogP contribution in [0.5, 0.6) is 0 Å². The number of nitrogens with zero attached hydrogens (tertiary/aromatic N) is 3. The number of aromatic carboxylic acids is 1. The molecular formula is C22H22ClN5O4S. The highest BCUT2D eigenvalue weighted by atomic mass is 35.5. The number of carboxylic acid groups (broad SMARTS) is 1. The van der Waals surface area contributed by atoms with E-state index in [1.807, 2.05) is 18.4 Å². The number of hydrogen-bond donors (Lipinski definition) is 3. The van der Waals surface area contributed by atoms with Crippen molar-refractivity contribution in [2.24, 2.45) is 0 Å². The smallest absolute Gasteiger partial charge is 0.335 e. The maximum Gasteiger partial charge on any atom is 0.335 e. The molecule has 2 amide bonds. The van der Waals surface area contributed by atoms with Gasteiger partial charge in [0.25, 0.3) is 5.91 Å². The van der Waals surface area contributed by atoms with Crippen molar-refractivity contribution in [3.63, 3.8) is 0 Å². The third-order valence-corrected chi connectivity index (χ3v) is 5.87. The summed E-state index contributed by atoms with van der Waals surface area (Å²) in [6.07, 6.45) is 0. The topological polar surface area (TPSA) is 126 Å². The normalized spacial score (nSPS) is 11.6. The lowest BCUT2D eigenvalue weighted by molar-refractivity contribution is -0.113. The minimum Gasteiger partial charge on any atom is -0.478 e. The van der Waals surface area contributed by atoms with E-state index in [-0.39, 0.29) is 23.1 Å². The summed E-state index contributed by atoms with van der Waals surface area (Å²) in [6.45, 7) is 4.30. The van der Waals surface area contributed by atoms with Gasteiger partial charge in [0, 0.05) is 22.8 Å². The minimum atomic E-state index is -1.03. The summed E-state index contributed by atoms with van der Waals surface area (Å²) in [4.78, 5) is 35.7. The van der Waals surface area contributed by atoms with E-state index in [1.165, 1.54) is 36.0 Å². The Bertz CT molecular complexity index is 1150. The number of hydrogen-bond acceptors (Lipinski definition) is 6. The van der Waals surface area contributed by atoms with Crippen LogP contribution in [0.15, 0.2) is 53.7 Å². The molecule has 0 radical (unpaired) electrons. The summed E-state index contributed by atoms with van der Waals surface area (Å²) in [5.41, 5.74) is 1.13. The van der Waals surface area contributed by atoms with Gasteiger partial charge >= 0.3 is 5.97 Å². The van der Waals surface area contributed by atoms with Crippen molar-refractivity contribution >= 4 is 46.8 Å². The number of halogens is 1. The van der Waals surface area contributed by atoms with Crippen molar-refractivity contribution in [3.05, 3.63) is 70.5 Å². The van der Waals surface area contributed by atoms with Crippen LogP contribution in [-0.2, 0) is 11.3 Å². The van der Waals surface area contributed by atoms with Gasteiger partial charge in [0.2, 0.25) is 5.91 Å². The van der Waals surface area contributed by atoms with Crippen LogP contribution in [0.4, 0.5) is 5.69 Å². The molecule has 1 heterocycles. The molecule has 0 spiro atoms. The average molecular weight is 488 g/mol. The van der Waals surface area contributed by atoms with E-state index in [0.29, 0.717) is 33.8 Å². The number of amides is 2. The van der Waals surface area contributed by atoms with Crippen molar-refractivity contribution in [1.82, 2.24) is 20.1 Å². The SMILES string of the molecule is CCn1c(SCC(=O)Nc2ccc(C(=O)O)cc2)nnc1C(C)NC(=O)c1ccc(Cl)cc1. The van der Waals surface area contributed by atoms with E-state index in [0.717, 1.165) is 0 Å². The highest BCUT2D eigenvalue weighted by Crippen LogP contribution is 2.21. The molecule has 11 heteroatoms. The molecule has 0 saturated carbocycles. The Morgan fingerprint density at radius 2 is 1.70 bits per heavy atom. The van der Waals surface area contributed by atoms with Crippen molar-refractivity contribution in [2.45, 2.75) is 31.6 Å². The molecule has 0 fully saturated rings. The van der Waals surface area contributed by atoms with Gasteiger partial charge in [-0.3, -0.25) is 9.59 Å². The molecule has 0 aliphatic rings. The van der Waals surface area contributed by atoms with Gasteiger partial charge in [0.1, 0.15) is 0 Å². The predicted molar refractivity (Wildman–Crippen MR) is 126 cm³/mol. The zero-order valence-corrected chi connectivity index (χ0v) is 19.5. The number of aromatic nitrogens is 3. The zero-order valence-electron chi connectivity index (χ0n) is 17.9. The van der Waals surface area contributed by atoms with Gasteiger partial charge in [-0.05, 0) is 62.4 Å². The van der Waals surface area contributed by atoms with Gasteiger partial charge in [-0.1, -0.05) is 23.4 Å². The molecule has 3 rings (SSSR count). The summed E-state index contributed by atoms with van der Waals surface area (Å²) in [7, 11) is 0. The monoisotopic (exact) mass is 487 g/mol. The van der Waals surface area contributed by atoms with Gasteiger partial charge in [-0.2, -0.15) is 0 Å². The summed E-state index contributed by atoms with van der Waals surface area (Å²) < 4.78 is 1.84. The van der Waals surface area contributed by atoms with E-state index < -0.39 is 12.0 Å². The van der Waals surface area contributed by atoms with E-state index in [4.69, 9.17) is 16.7 Å². The quantitative estimate of drug-likeness (QED) is 0.391. The number of benzene rings is 2. The fourth-order valence-corrected chi connectivity index (χ4v) is 3.93. The molecule has 2 aromatic carbocycles. The molecule has 1 unspecified atom stereocenters. The first-order valence-corrected chi connectivity index (χ1v) is 11.4. The van der Waals surface area contributed by atoms with E-state index in [9.17, 15) is 14.4 Å². The number of carbonyl (C=O) groups is 3. The van der Waals surface area contributed by atoms with Gasteiger partial charge in [0.05, 0.1) is 17.4 Å². The molecule has 0 bridgehead atoms. The second kappa shape index (κ2) is 11.0. The number of nitrogens with one attached hydrogen (secondary N) is 2. The first-order valence-electron chi connectivity index (χ1n) is 10.0. The molecule has 0 saturated heterocycles. The van der Waals surface area contributed by atoms with Crippen molar-refractivity contribution in [3.8, 4) is 0 Å². The van der Waals surface area contributed by atoms with E-state index in [1.54, 1.807) is 24.3 Å². The average Bonchev–Trinajstić information content (AvgIpc) is 3.21. The second-order valence-electron chi connectivity index (χ2n) is 7.01. The Kier molecular flexibility index (Phi) is 8.07. The van der Waals surface area contributed by atoms with Crippen LogP contribution in [0.3, 0.4) is 0 Å². The number of rotatable bonds is 9. The molecule has 172 valence electrons. The van der Waals surface area contributed by atoms with Crippen molar-refractivity contribution < 1.29 is 19.5 Å². The van der Waals surface area contributed by atoms with Crippen molar-refractivity contribution in [1.29, 1.82) is 0 Å². The Morgan fingerprint density at radius 1 is 1.06 bits per heavy atom. The van der Waals surface area contributed by atoms with Gasteiger partial charge < -0.3 is 20.3 Å². The maximum absolute atomic E-state index is 12.5. The molecular weight excluding hydrogens is 466 g/mol. The largest absolute Gasteiger partial charge is 0.478 e. The third kappa shape index (κ3) is 6.33. The summed E-state index contributed by atoms with van der Waals surface area (Å²) in [5, 5.41) is 24.0. The van der Waals surface area contributed by atoms with Crippen LogP contribution >= 0.6 is 23.4 Å². The van der Waals surface area contributed by atoms with Crippen molar-refractivity contribution in [2.75, 3.05) is 11.1 Å². The Labute approximate surface area is 199 Å². The number of carboxylic acids is 1. The lowest BCUT2D eigenvalue weighted by atomic mass is 10.2. The fraction of sp³-hybridized carbons (Fsp3) is 0.227. The molecule has 3 N–H and O–H groups in total. The molecule has 0 aliphatic carbocycles. The molecule has 1 aromatic heterocycles. The van der Waals surface area contributed by atoms with Crippen LogP contribution in [0.1, 0.15) is 46.4 Å². The van der Waals surface area contributed by atoms with Crippen LogP contribution in [-0.4, -0.2) is 43.4 Å². The summed E-state index contributed by atoms with van der Waals surface area (Å²) in [5.74, 6) is -0.889. The first kappa shape index (κ1) is 24.3. The standard InChI is InChI=1S/C22H22ClN5O4S/c1-3-28-19(13(2)24-20(30)14-4-8-16(23)9-5-14)26-27-22(28)33-12-18(29)25-17-10-6-15(7-11-17)21(31)32/h4-11,13H,3,12H2,1-2H3,(H,24,30)(H,25,29)(H,31,32). The first-order chi connectivity index (χ1) is 15.8. The van der Waals surface area contributed by atoms with Gasteiger partial charge in [-0.25, -0.2) is 4.79 Å². The molecule has 33 heavy (non-hydrogen) atoms. The second-order valence-corrected chi connectivity index (χ2v) is 8.39. The van der Waals surface area contributed by atoms with Gasteiger partial charge in [-0.15, -0.1) is 10.2 Å².